The Hall–Kier alpha value is -2.33. The lowest BCUT2D eigenvalue weighted by atomic mass is 10.3. The fraction of sp³-hybridized carbons (Fsp3) is 0.143. The summed E-state index contributed by atoms with van der Waals surface area (Å²) in [5.74, 6) is 0.699. The van der Waals surface area contributed by atoms with Gasteiger partial charge < -0.3 is 9.47 Å². The first kappa shape index (κ1) is 18.0. The Morgan fingerprint density at radius 2 is 1.67 bits per heavy atom. The van der Waals surface area contributed by atoms with Crippen molar-refractivity contribution in [3.05, 3.63) is 51.0 Å². The Morgan fingerprint density at radius 1 is 1.08 bits per heavy atom. The zero-order valence-electron chi connectivity index (χ0n) is 12.6. The van der Waals surface area contributed by atoms with Crippen LogP contribution in [0.5, 0.6) is 11.5 Å². The maximum Gasteiger partial charge on any atom is 0.269 e. The van der Waals surface area contributed by atoms with Crippen LogP contribution in [-0.4, -0.2) is 27.6 Å². The van der Waals surface area contributed by atoms with Crippen LogP contribution in [0, 0.1) is 10.1 Å². The summed E-state index contributed by atoms with van der Waals surface area (Å²) in [6.07, 6.45) is 0. The molecule has 0 unspecified atom stereocenters. The molecule has 0 saturated carbocycles. The number of nitrogens with zero attached hydrogens (tertiary/aromatic N) is 1. The van der Waals surface area contributed by atoms with Crippen molar-refractivity contribution in [2.75, 3.05) is 18.9 Å². The smallest absolute Gasteiger partial charge is 0.269 e. The number of anilines is 1. The van der Waals surface area contributed by atoms with E-state index >= 15 is 0 Å². The van der Waals surface area contributed by atoms with Crippen LogP contribution in [0.25, 0.3) is 0 Å². The molecule has 2 aromatic carbocycles. The quantitative estimate of drug-likeness (QED) is 0.572. The molecule has 10 heteroatoms. The van der Waals surface area contributed by atoms with E-state index in [4.69, 9.17) is 9.47 Å². The molecule has 0 aliphatic rings. The number of nitro groups is 1. The lowest BCUT2D eigenvalue weighted by Crippen LogP contribution is -2.13. The van der Waals surface area contributed by atoms with Crippen molar-refractivity contribution in [2.45, 2.75) is 4.90 Å². The maximum absolute atomic E-state index is 12.4. The zero-order chi connectivity index (χ0) is 17.9. The Morgan fingerprint density at radius 3 is 2.17 bits per heavy atom. The van der Waals surface area contributed by atoms with E-state index in [9.17, 15) is 18.5 Å². The monoisotopic (exact) mass is 416 g/mol. The van der Waals surface area contributed by atoms with Crippen LogP contribution in [0.2, 0.25) is 0 Å². The standard InChI is InChI=1S/C14H13BrN2O6S/c1-22-13-8-12(14(23-2)7-11(13)15)16-24(20,21)10-5-3-9(4-6-10)17(18)19/h3-8,16H,1-2H3. The molecule has 0 radical (unpaired) electrons. The highest BCUT2D eigenvalue weighted by molar-refractivity contribution is 9.10. The molecule has 24 heavy (non-hydrogen) atoms. The highest BCUT2D eigenvalue weighted by atomic mass is 79.9. The normalized spacial score (nSPS) is 11.0. The van der Waals surface area contributed by atoms with Gasteiger partial charge in [0, 0.05) is 24.3 Å². The highest BCUT2D eigenvalue weighted by Crippen LogP contribution is 2.37. The van der Waals surface area contributed by atoms with Crippen LogP contribution < -0.4 is 14.2 Å². The molecule has 0 aliphatic heterocycles. The molecule has 128 valence electrons. The van der Waals surface area contributed by atoms with E-state index in [0.717, 1.165) is 24.3 Å². The van der Waals surface area contributed by atoms with Crippen molar-refractivity contribution in [3.8, 4) is 11.5 Å². The van der Waals surface area contributed by atoms with E-state index in [-0.39, 0.29) is 22.0 Å². The molecule has 2 aromatic rings. The lowest BCUT2D eigenvalue weighted by Gasteiger charge is -2.14. The average Bonchev–Trinajstić information content (AvgIpc) is 2.55. The van der Waals surface area contributed by atoms with Crippen LogP contribution >= 0.6 is 15.9 Å². The molecular formula is C14H13BrN2O6S. The minimum atomic E-state index is -3.95. The second-order valence-electron chi connectivity index (χ2n) is 4.54. The summed E-state index contributed by atoms with van der Waals surface area (Å²) in [7, 11) is -1.10. The number of methoxy groups -OCH3 is 2. The fourth-order valence-electron chi connectivity index (χ4n) is 1.89. The number of nitrogens with one attached hydrogen (secondary N) is 1. The summed E-state index contributed by atoms with van der Waals surface area (Å²) in [5.41, 5.74) is -0.0206. The van der Waals surface area contributed by atoms with Crippen molar-refractivity contribution >= 4 is 37.3 Å². The Labute approximate surface area is 146 Å². The molecule has 2 rings (SSSR count). The van der Waals surface area contributed by atoms with E-state index in [1.54, 1.807) is 6.07 Å². The van der Waals surface area contributed by atoms with Crippen LogP contribution in [-0.2, 0) is 10.0 Å². The van der Waals surface area contributed by atoms with Gasteiger partial charge in [-0.15, -0.1) is 0 Å². The predicted molar refractivity (Wildman–Crippen MR) is 91.2 cm³/mol. The molecule has 1 N–H and O–H groups in total. The van der Waals surface area contributed by atoms with Crippen molar-refractivity contribution in [1.29, 1.82) is 0 Å². The number of rotatable bonds is 6. The van der Waals surface area contributed by atoms with E-state index in [1.807, 2.05) is 0 Å². The minimum absolute atomic E-state index is 0.114. The summed E-state index contributed by atoms with van der Waals surface area (Å²) in [5, 5.41) is 10.6. The summed E-state index contributed by atoms with van der Waals surface area (Å²) in [6.45, 7) is 0. The highest BCUT2D eigenvalue weighted by Gasteiger charge is 2.19. The van der Waals surface area contributed by atoms with Gasteiger partial charge in [-0.25, -0.2) is 8.42 Å². The second-order valence-corrected chi connectivity index (χ2v) is 7.08. The molecule has 0 fully saturated rings. The lowest BCUT2D eigenvalue weighted by molar-refractivity contribution is -0.384. The molecular weight excluding hydrogens is 404 g/mol. The third-order valence-electron chi connectivity index (χ3n) is 3.08. The largest absolute Gasteiger partial charge is 0.495 e. The number of hydrogen-bond acceptors (Lipinski definition) is 6. The Bertz CT molecular complexity index is 868. The van der Waals surface area contributed by atoms with Crippen LogP contribution in [0.3, 0.4) is 0 Å². The van der Waals surface area contributed by atoms with Crippen LogP contribution in [0.15, 0.2) is 45.8 Å². The third kappa shape index (κ3) is 3.77. The van der Waals surface area contributed by atoms with Gasteiger partial charge in [0.2, 0.25) is 0 Å². The number of hydrogen-bond donors (Lipinski definition) is 1. The first-order valence-corrected chi connectivity index (χ1v) is 8.75. The summed E-state index contributed by atoms with van der Waals surface area (Å²) in [4.78, 5) is 9.93. The molecule has 0 heterocycles. The van der Waals surface area contributed by atoms with Gasteiger partial charge >= 0.3 is 0 Å². The summed E-state index contributed by atoms with van der Waals surface area (Å²) < 4.78 is 38.2. The zero-order valence-corrected chi connectivity index (χ0v) is 15.0. The van der Waals surface area contributed by atoms with E-state index in [1.165, 1.54) is 20.3 Å². The molecule has 0 atom stereocenters. The third-order valence-corrected chi connectivity index (χ3v) is 5.08. The van der Waals surface area contributed by atoms with Gasteiger partial charge in [0.25, 0.3) is 15.7 Å². The SMILES string of the molecule is COc1cc(NS(=O)(=O)c2ccc([N+](=O)[O-])cc2)c(OC)cc1Br. The Balaban J connectivity index is 2.40. The Kier molecular flexibility index (Phi) is 5.30. The fourth-order valence-corrected chi connectivity index (χ4v) is 3.44. The van der Waals surface area contributed by atoms with Gasteiger partial charge in [0.15, 0.2) is 0 Å². The van der Waals surface area contributed by atoms with Crippen molar-refractivity contribution < 1.29 is 22.8 Å². The van der Waals surface area contributed by atoms with Gasteiger partial charge in [-0.1, -0.05) is 0 Å². The van der Waals surface area contributed by atoms with Crippen molar-refractivity contribution in [2.24, 2.45) is 0 Å². The maximum atomic E-state index is 12.4. The predicted octanol–water partition coefficient (Wildman–Crippen LogP) is 3.18. The van der Waals surface area contributed by atoms with E-state index in [2.05, 4.69) is 20.7 Å². The van der Waals surface area contributed by atoms with Crippen molar-refractivity contribution in [3.63, 3.8) is 0 Å². The van der Waals surface area contributed by atoms with Crippen molar-refractivity contribution in [1.82, 2.24) is 0 Å². The summed E-state index contributed by atoms with van der Waals surface area (Å²) >= 11 is 3.28. The van der Waals surface area contributed by atoms with E-state index < -0.39 is 14.9 Å². The average molecular weight is 417 g/mol. The second kappa shape index (κ2) is 7.05. The molecule has 0 spiro atoms. The molecule has 0 aromatic heterocycles. The molecule has 0 bridgehead atoms. The van der Waals surface area contributed by atoms with Crippen LogP contribution in [0.4, 0.5) is 11.4 Å². The van der Waals surface area contributed by atoms with Crippen LogP contribution in [0.1, 0.15) is 0 Å². The van der Waals surface area contributed by atoms with Gasteiger partial charge in [0.05, 0.1) is 34.2 Å². The van der Waals surface area contributed by atoms with E-state index in [0.29, 0.717) is 10.2 Å². The molecule has 0 aliphatic carbocycles. The number of nitro benzene ring substituents is 1. The number of sulfonamides is 1. The number of non-ortho nitro benzene ring substituents is 1. The first-order valence-electron chi connectivity index (χ1n) is 6.47. The topological polar surface area (TPSA) is 108 Å². The van der Waals surface area contributed by atoms with Gasteiger partial charge in [0.1, 0.15) is 11.5 Å². The molecule has 0 saturated heterocycles. The van der Waals surface area contributed by atoms with Gasteiger partial charge in [-0.05, 0) is 28.1 Å². The molecule has 8 nitrogen and oxygen atoms in total. The molecule has 0 amide bonds. The number of halogens is 1. The first-order chi connectivity index (χ1) is 11.3. The minimum Gasteiger partial charge on any atom is -0.495 e. The summed E-state index contributed by atoms with van der Waals surface area (Å²) in [6, 6.07) is 7.58. The number of ether oxygens (including phenoxy) is 2. The van der Waals surface area contributed by atoms with Gasteiger partial charge in [-0.3, -0.25) is 14.8 Å². The number of benzene rings is 2. The van der Waals surface area contributed by atoms with Gasteiger partial charge in [-0.2, -0.15) is 0 Å².